The Bertz CT molecular complexity index is 478. The van der Waals surface area contributed by atoms with Gasteiger partial charge in [-0.05, 0) is 29.7 Å². The molecule has 4 nitrogen and oxygen atoms in total. The van der Waals surface area contributed by atoms with Crippen LogP contribution in [0, 0.1) is 5.41 Å². The van der Waals surface area contributed by atoms with Gasteiger partial charge in [0, 0.05) is 19.2 Å². The number of amides is 1. The van der Waals surface area contributed by atoms with Crippen LogP contribution in [0.1, 0.15) is 26.3 Å². The summed E-state index contributed by atoms with van der Waals surface area (Å²) < 4.78 is 5.46. The molecule has 5 heteroatoms. The second-order valence-electron chi connectivity index (χ2n) is 5.99. The second kappa shape index (κ2) is 6.70. The first-order chi connectivity index (χ1) is 9.19. The molecule has 0 saturated carbocycles. The topological polar surface area (TPSA) is 55.6 Å². The number of ether oxygens (including phenoxy) is 1. The van der Waals surface area contributed by atoms with Crippen LogP contribution in [-0.2, 0) is 4.79 Å². The Balaban J connectivity index is 2.50. The van der Waals surface area contributed by atoms with Crippen molar-refractivity contribution in [2.45, 2.75) is 20.8 Å². The lowest BCUT2D eigenvalue weighted by Crippen LogP contribution is -2.37. The van der Waals surface area contributed by atoms with Crippen LogP contribution in [0.5, 0.6) is 5.75 Å². The molecule has 20 heavy (non-hydrogen) atoms. The molecule has 2 N–H and O–H groups in total. The number of benzene rings is 1. The van der Waals surface area contributed by atoms with Crippen LogP contribution in [-0.4, -0.2) is 36.0 Å². The first-order valence-corrected chi connectivity index (χ1v) is 6.86. The SMILES string of the molecule is CN(CC(C)(C)C)C(=O)COc1ccc(C(N)=S)cc1. The molecule has 0 atom stereocenters. The number of carbonyl (C=O) groups excluding carboxylic acids is 1. The monoisotopic (exact) mass is 294 g/mol. The standard InChI is InChI=1S/C15H22N2O2S/c1-15(2,3)10-17(4)13(18)9-19-12-7-5-11(6-8-12)14(16)20/h5-8H,9-10H2,1-4H3,(H2,16,20). The van der Waals surface area contributed by atoms with Crippen molar-refractivity contribution in [2.24, 2.45) is 11.1 Å². The lowest BCUT2D eigenvalue weighted by Gasteiger charge is -2.26. The average molecular weight is 294 g/mol. The van der Waals surface area contributed by atoms with Crippen LogP contribution in [0.2, 0.25) is 0 Å². The van der Waals surface area contributed by atoms with Crippen molar-refractivity contribution < 1.29 is 9.53 Å². The molecule has 0 fully saturated rings. The highest BCUT2D eigenvalue weighted by molar-refractivity contribution is 7.80. The van der Waals surface area contributed by atoms with Gasteiger partial charge in [-0.3, -0.25) is 4.79 Å². The van der Waals surface area contributed by atoms with Gasteiger partial charge in [-0.1, -0.05) is 33.0 Å². The molecular formula is C15H22N2O2S. The molecule has 0 heterocycles. The van der Waals surface area contributed by atoms with Gasteiger partial charge in [-0.25, -0.2) is 0 Å². The molecule has 0 aliphatic rings. The summed E-state index contributed by atoms with van der Waals surface area (Å²) in [6, 6.07) is 7.07. The molecule has 110 valence electrons. The third-order valence-corrected chi connectivity index (χ3v) is 2.87. The molecule has 1 amide bonds. The van der Waals surface area contributed by atoms with Gasteiger partial charge < -0.3 is 15.4 Å². The summed E-state index contributed by atoms with van der Waals surface area (Å²) in [5.41, 5.74) is 6.37. The van der Waals surface area contributed by atoms with Crippen LogP contribution >= 0.6 is 12.2 Å². The van der Waals surface area contributed by atoms with E-state index in [1.807, 2.05) is 0 Å². The molecule has 0 unspecified atom stereocenters. The molecule has 1 aromatic rings. The molecule has 1 aromatic carbocycles. The van der Waals surface area contributed by atoms with E-state index in [2.05, 4.69) is 20.8 Å². The summed E-state index contributed by atoms with van der Waals surface area (Å²) in [4.78, 5) is 14.0. The zero-order chi connectivity index (χ0) is 15.3. The molecule has 0 spiro atoms. The van der Waals surface area contributed by atoms with E-state index in [1.54, 1.807) is 36.2 Å². The van der Waals surface area contributed by atoms with Gasteiger partial charge in [-0.2, -0.15) is 0 Å². The van der Waals surface area contributed by atoms with Crippen LogP contribution < -0.4 is 10.5 Å². The number of hydrogen-bond acceptors (Lipinski definition) is 3. The van der Waals surface area contributed by atoms with Crippen molar-refractivity contribution in [1.29, 1.82) is 0 Å². The number of likely N-dealkylation sites (N-methyl/N-ethyl adjacent to an activating group) is 1. The van der Waals surface area contributed by atoms with Crippen molar-refractivity contribution in [3.63, 3.8) is 0 Å². The van der Waals surface area contributed by atoms with Crippen molar-refractivity contribution >= 4 is 23.1 Å². The highest BCUT2D eigenvalue weighted by Gasteiger charge is 2.17. The Labute approximate surface area is 125 Å². The first kappa shape index (κ1) is 16.4. The maximum Gasteiger partial charge on any atom is 0.260 e. The van der Waals surface area contributed by atoms with Gasteiger partial charge in [0.05, 0.1) is 0 Å². The quantitative estimate of drug-likeness (QED) is 0.846. The predicted octanol–water partition coefficient (Wildman–Crippen LogP) is 2.20. The van der Waals surface area contributed by atoms with E-state index in [0.29, 0.717) is 17.3 Å². The maximum atomic E-state index is 11.9. The van der Waals surface area contributed by atoms with Gasteiger partial charge in [0.2, 0.25) is 0 Å². The summed E-state index contributed by atoms with van der Waals surface area (Å²) in [5, 5.41) is 0. The summed E-state index contributed by atoms with van der Waals surface area (Å²) in [7, 11) is 1.78. The molecule has 0 aromatic heterocycles. The Morgan fingerprint density at radius 1 is 1.30 bits per heavy atom. The van der Waals surface area contributed by atoms with E-state index < -0.39 is 0 Å². The fourth-order valence-corrected chi connectivity index (χ4v) is 1.91. The van der Waals surface area contributed by atoms with Crippen LogP contribution in [0.4, 0.5) is 0 Å². The minimum Gasteiger partial charge on any atom is -0.484 e. The van der Waals surface area contributed by atoms with Crippen molar-refractivity contribution in [3.8, 4) is 5.75 Å². The molecule has 0 saturated heterocycles. The zero-order valence-corrected chi connectivity index (χ0v) is 13.3. The van der Waals surface area contributed by atoms with E-state index in [1.165, 1.54) is 0 Å². The van der Waals surface area contributed by atoms with Gasteiger partial charge in [0.1, 0.15) is 10.7 Å². The molecular weight excluding hydrogens is 272 g/mol. The van der Waals surface area contributed by atoms with Crippen LogP contribution in [0.3, 0.4) is 0 Å². The molecule has 0 aliphatic carbocycles. The van der Waals surface area contributed by atoms with E-state index in [4.69, 9.17) is 22.7 Å². The zero-order valence-electron chi connectivity index (χ0n) is 12.5. The Morgan fingerprint density at radius 2 is 1.85 bits per heavy atom. The minimum atomic E-state index is -0.0432. The van der Waals surface area contributed by atoms with Crippen LogP contribution in [0.25, 0.3) is 0 Å². The third-order valence-electron chi connectivity index (χ3n) is 2.64. The number of carbonyl (C=O) groups is 1. The van der Waals surface area contributed by atoms with Gasteiger partial charge in [0.15, 0.2) is 6.61 Å². The fourth-order valence-electron chi connectivity index (χ4n) is 1.77. The van der Waals surface area contributed by atoms with Crippen molar-refractivity contribution in [3.05, 3.63) is 29.8 Å². The number of nitrogens with zero attached hydrogens (tertiary/aromatic N) is 1. The number of rotatable bonds is 5. The highest BCUT2D eigenvalue weighted by Crippen LogP contribution is 2.15. The largest absolute Gasteiger partial charge is 0.484 e. The molecule has 0 radical (unpaired) electrons. The number of thiocarbonyl (C=S) groups is 1. The molecule has 0 bridgehead atoms. The van der Waals surface area contributed by atoms with E-state index in [9.17, 15) is 4.79 Å². The lowest BCUT2D eigenvalue weighted by molar-refractivity contribution is -0.133. The Hall–Kier alpha value is -1.62. The van der Waals surface area contributed by atoms with E-state index >= 15 is 0 Å². The molecule has 0 aliphatic heterocycles. The summed E-state index contributed by atoms with van der Waals surface area (Å²) in [6.07, 6.45) is 0. The van der Waals surface area contributed by atoms with Gasteiger partial charge >= 0.3 is 0 Å². The lowest BCUT2D eigenvalue weighted by atomic mass is 9.96. The van der Waals surface area contributed by atoms with E-state index in [-0.39, 0.29) is 17.9 Å². The smallest absolute Gasteiger partial charge is 0.260 e. The first-order valence-electron chi connectivity index (χ1n) is 6.46. The fraction of sp³-hybridized carbons (Fsp3) is 0.467. The number of hydrogen-bond donors (Lipinski definition) is 1. The summed E-state index contributed by atoms with van der Waals surface area (Å²) >= 11 is 4.87. The van der Waals surface area contributed by atoms with Gasteiger partial charge in [0.25, 0.3) is 5.91 Å². The number of nitrogens with two attached hydrogens (primary N) is 1. The van der Waals surface area contributed by atoms with Crippen molar-refractivity contribution in [2.75, 3.05) is 20.2 Å². The highest BCUT2D eigenvalue weighted by atomic mass is 32.1. The van der Waals surface area contributed by atoms with Gasteiger partial charge in [-0.15, -0.1) is 0 Å². The summed E-state index contributed by atoms with van der Waals surface area (Å²) in [6.45, 7) is 6.98. The van der Waals surface area contributed by atoms with E-state index in [0.717, 1.165) is 5.56 Å². The Morgan fingerprint density at radius 3 is 2.30 bits per heavy atom. The summed E-state index contributed by atoms with van der Waals surface area (Å²) in [5.74, 6) is 0.584. The average Bonchev–Trinajstić information content (AvgIpc) is 2.34. The minimum absolute atomic E-state index is 0.0268. The maximum absolute atomic E-state index is 11.9. The third kappa shape index (κ3) is 5.57. The normalized spacial score (nSPS) is 11.0. The second-order valence-corrected chi connectivity index (χ2v) is 6.43. The van der Waals surface area contributed by atoms with Crippen molar-refractivity contribution in [1.82, 2.24) is 4.90 Å². The molecule has 1 rings (SSSR count). The Kier molecular flexibility index (Phi) is 5.51. The predicted molar refractivity (Wildman–Crippen MR) is 84.9 cm³/mol. The van der Waals surface area contributed by atoms with Crippen LogP contribution in [0.15, 0.2) is 24.3 Å².